The van der Waals surface area contributed by atoms with Crippen LogP contribution in [0.25, 0.3) is 0 Å². The SMILES string of the molecule is N=C(Nc1ccc(Oc2ncccn2)c(Cl)c1)c1ncccc1N. The lowest BCUT2D eigenvalue weighted by molar-refractivity contribution is 0.442. The highest BCUT2D eigenvalue weighted by Gasteiger charge is 2.10. The molecule has 3 aromatic rings. The third-order valence-electron chi connectivity index (χ3n) is 3.02. The number of amidine groups is 1. The molecule has 0 radical (unpaired) electrons. The van der Waals surface area contributed by atoms with E-state index in [1.54, 1.807) is 55.0 Å². The number of nitrogens with zero attached hydrogens (tertiary/aromatic N) is 3. The molecule has 0 amide bonds. The van der Waals surface area contributed by atoms with E-state index in [1.165, 1.54) is 0 Å². The van der Waals surface area contributed by atoms with Crippen molar-refractivity contribution in [3.05, 3.63) is 65.7 Å². The molecule has 0 aliphatic carbocycles. The van der Waals surface area contributed by atoms with Gasteiger partial charge in [-0.15, -0.1) is 0 Å². The highest BCUT2D eigenvalue weighted by atomic mass is 35.5. The second kappa shape index (κ2) is 6.93. The topological polar surface area (TPSA) is 110 Å². The molecule has 0 unspecified atom stereocenters. The summed E-state index contributed by atoms with van der Waals surface area (Å²) in [6, 6.07) is 10.3. The van der Waals surface area contributed by atoms with Crippen molar-refractivity contribution in [2.75, 3.05) is 11.1 Å². The Hall–Kier alpha value is -3.19. The van der Waals surface area contributed by atoms with Gasteiger partial charge in [-0.1, -0.05) is 11.6 Å². The van der Waals surface area contributed by atoms with Crippen LogP contribution in [-0.2, 0) is 0 Å². The Balaban J connectivity index is 1.75. The Bertz CT molecular complexity index is 871. The van der Waals surface area contributed by atoms with Crippen LogP contribution in [0.4, 0.5) is 11.4 Å². The fourth-order valence-electron chi connectivity index (χ4n) is 1.93. The van der Waals surface area contributed by atoms with Crippen LogP contribution in [0.15, 0.2) is 55.0 Å². The van der Waals surface area contributed by atoms with E-state index in [-0.39, 0.29) is 11.8 Å². The van der Waals surface area contributed by atoms with Crippen LogP contribution < -0.4 is 15.8 Å². The fraction of sp³-hybridized carbons (Fsp3) is 0. The minimum atomic E-state index is 0.0734. The highest BCUT2D eigenvalue weighted by molar-refractivity contribution is 6.32. The van der Waals surface area contributed by atoms with Gasteiger partial charge in [0.2, 0.25) is 0 Å². The second-order valence-electron chi connectivity index (χ2n) is 4.72. The van der Waals surface area contributed by atoms with Crippen molar-refractivity contribution in [2.24, 2.45) is 0 Å². The molecule has 0 aliphatic rings. The molecule has 2 aromatic heterocycles. The number of nitrogens with one attached hydrogen (secondary N) is 2. The number of anilines is 2. The number of halogens is 1. The molecule has 0 atom stereocenters. The summed E-state index contributed by atoms with van der Waals surface area (Å²) in [5.74, 6) is 0.488. The Morgan fingerprint density at radius 3 is 2.54 bits per heavy atom. The standard InChI is InChI=1S/C16H13ClN6O/c17-11-9-10(23-15(19)14-12(18)3-1-6-20-14)4-5-13(11)24-16-21-7-2-8-22-16/h1-9H,18H2,(H2,19,23). The first-order chi connectivity index (χ1) is 11.6. The summed E-state index contributed by atoms with van der Waals surface area (Å²) in [6.45, 7) is 0. The number of hydrogen-bond donors (Lipinski definition) is 3. The number of benzene rings is 1. The van der Waals surface area contributed by atoms with Gasteiger partial charge in [0.25, 0.3) is 0 Å². The van der Waals surface area contributed by atoms with Gasteiger partial charge in [-0.3, -0.25) is 10.4 Å². The number of ether oxygens (including phenoxy) is 1. The first-order valence-corrected chi connectivity index (χ1v) is 7.32. The molecule has 0 fully saturated rings. The van der Waals surface area contributed by atoms with Gasteiger partial charge in [0.15, 0.2) is 5.84 Å². The number of hydrogen-bond acceptors (Lipinski definition) is 6. The van der Waals surface area contributed by atoms with Gasteiger partial charge in [0.05, 0.1) is 10.7 Å². The van der Waals surface area contributed by atoms with E-state index >= 15 is 0 Å². The minimum absolute atomic E-state index is 0.0734. The van der Waals surface area contributed by atoms with Crippen LogP contribution in [0.1, 0.15) is 5.69 Å². The number of nitrogen functional groups attached to an aromatic ring is 1. The van der Waals surface area contributed by atoms with Gasteiger partial charge in [0.1, 0.15) is 11.4 Å². The molecular formula is C16H13ClN6O. The predicted octanol–water partition coefficient (Wildman–Crippen LogP) is 3.34. The van der Waals surface area contributed by atoms with Gasteiger partial charge in [0, 0.05) is 24.3 Å². The number of rotatable bonds is 4. The summed E-state index contributed by atoms with van der Waals surface area (Å²) < 4.78 is 5.50. The molecule has 0 saturated carbocycles. The third-order valence-corrected chi connectivity index (χ3v) is 3.32. The Morgan fingerprint density at radius 1 is 1.08 bits per heavy atom. The number of nitrogens with two attached hydrogens (primary N) is 1. The largest absolute Gasteiger partial charge is 0.423 e. The molecule has 4 N–H and O–H groups in total. The van der Waals surface area contributed by atoms with Crippen LogP contribution in [-0.4, -0.2) is 20.8 Å². The molecule has 2 heterocycles. The maximum Gasteiger partial charge on any atom is 0.321 e. The molecule has 7 nitrogen and oxygen atoms in total. The normalized spacial score (nSPS) is 10.2. The lowest BCUT2D eigenvalue weighted by Crippen LogP contribution is -2.15. The maximum atomic E-state index is 8.06. The van der Waals surface area contributed by atoms with Gasteiger partial charge >= 0.3 is 6.01 Å². The molecular weight excluding hydrogens is 328 g/mol. The first kappa shape index (κ1) is 15.7. The zero-order chi connectivity index (χ0) is 16.9. The summed E-state index contributed by atoms with van der Waals surface area (Å²) in [5, 5.41) is 11.3. The quantitative estimate of drug-likeness (QED) is 0.496. The van der Waals surface area contributed by atoms with Crippen molar-refractivity contribution in [1.82, 2.24) is 15.0 Å². The Labute approximate surface area is 143 Å². The maximum absolute atomic E-state index is 8.06. The summed E-state index contributed by atoms with van der Waals surface area (Å²) in [4.78, 5) is 12.0. The summed E-state index contributed by atoms with van der Waals surface area (Å²) in [6.07, 6.45) is 4.72. The molecule has 24 heavy (non-hydrogen) atoms. The predicted molar refractivity (Wildman–Crippen MR) is 92.7 cm³/mol. The van der Waals surface area contributed by atoms with E-state index in [1.807, 2.05) is 0 Å². The molecule has 0 aliphatic heterocycles. The first-order valence-electron chi connectivity index (χ1n) is 6.94. The smallest absolute Gasteiger partial charge is 0.321 e. The van der Waals surface area contributed by atoms with Crippen molar-refractivity contribution in [3.8, 4) is 11.8 Å². The fourth-order valence-corrected chi connectivity index (χ4v) is 2.15. The van der Waals surface area contributed by atoms with Gasteiger partial charge in [-0.05, 0) is 36.4 Å². The molecule has 120 valence electrons. The molecule has 0 spiro atoms. The second-order valence-corrected chi connectivity index (χ2v) is 5.13. The van der Waals surface area contributed by atoms with Crippen LogP contribution in [0, 0.1) is 5.41 Å². The van der Waals surface area contributed by atoms with E-state index in [4.69, 9.17) is 27.5 Å². The van der Waals surface area contributed by atoms with E-state index in [2.05, 4.69) is 20.3 Å². The average molecular weight is 341 g/mol. The third kappa shape index (κ3) is 3.58. The van der Waals surface area contributed by atoms with Crippen molar-refractivity contribution in [3.63, 3.8) is 0 Å². The molecule has 3 rings (SSSR count). The van der Waals surface area contributed by atoms with Gasteiger partial charge in [-0.25, -0.2) is 9.97 Å². The van der Waals surface area contributed by atoms with Gasteiger partial charge < -0.3 is 15.8 Å². The minimum Gasteiger partial charge on any atom is -0.423 e. The van der Waals surface area contributed by atoms with E-state index in [9.17, 15) is 0 Å². The Kier molecular flexibility index (Phi) is 4.53. The van der Waals surface area contributed by atoms with E-state index < -0.39 is 0 Å². The molecule has 0 bridgehead atoms. The van der Waals surface area contributed by atoms with Crippen molar-refractivity contribution >= 4 is 28.8 Å². The molecule has 0 saturated heterocycles. The number of pyridine rings is 1. The summed E-state index contributed by atoms with van der Waals surface area (Å²) >= 11 is 6.21. The van der Waals surface area contributed by atoms with Crippen molar-refractivity contribution in [2.45, 2.75) is 0 Å². The van der Waals surface area contributed by atoms with Crippen LogP contribution >= 0.6 is 11.6 Å². The zero-order valence-corrected chi connectivity index (χ0v) is 13.2. The van der Waals surface area contributed by atoms with Crippen LogP contribution in [0.5, 0.6) is 11.8 Å². The van der Waals surface area contributed by atoms with Crippen LogP contribution in [0.2, 0.25) is 5.02 Å². The lowest BCUT2D eigenvalue weighted by Gasteiger charge is -2.11. The van der Waals surface area contributed by atoms with Crippen LogP contribution in [0.3, 0.4) is 0 Å². The van der Waals surface area contributed by atoms with Gasteiger partial charge in [-0.2, -0.15) is 0 Å². The number of aromatic nitrogens is 3. The van der Waals surface area contributed by atoms with Crippen molar-refractivity contribution < 1.29 is 4.74 Å². The summed E-state index contributed by atoms with van der Waals surface area (Å²) in [5.41, 5.74) is 7.21. The van der Waals surface area contributed by atoms with Crippen molar-refractivity contribution in [1.29, 1.82) is 5.41 Å². The molecule has 1 aromatic carbocycles. The Morgan fingerprint density at radius 2 is 1.83 bits per heavy atom. The monoisotopic (exact) mass is 340 g/mol. The summed E-state index contributed by atoms with van der Waals surface area (Å²) in [7, 11) is 0. The van der Waals surface area contributed by atoms with E-state index in [0.717, 1.165) is 0 Å². The highest BCUT2D eigenvalue weighted by Crippen LogP contribution is 2.30. The van der Waals surface area contributed by atoms with E-state index in [0.29, 0.717) is 27.8 Å². The lowest BCUT2D eigenvalue weighted by atomic mass is 10.2. The average Bonchev–Trinajstić information content (AvgIpc) is 2.58. The molecule has 8 heteroatoms. The zero-order valence-electron chi connectivity index (χ0n) is 12.4.